The van der Waals surface area contributed by atoms with Gasteiger partial charge in [0.05, 0.1) is 0 Å². The summed E-state index contributed by atoms with van der Waals surface area (Å²) in [6, 6.07) is 0.0550. The number of carboxylic acid groups (broad SMARTS) is 1. The molecular weight excluding hydrogens is 604 g/mol. The fraction of sp³-hybridized carbons (Fsp3) is 0.925. The van der Waals surface area contributed by atoms with Crippen LogP contribution < -0.4 is 21.7 Å². The van der Waals surface area contributed by atoms with Crippen LogP contribution in [0.5, 0.6) is 0 Å². The molecule has 0 aliphatic heterocycles. The molecule has 7 heteroatoms. The third kappa shape index (κ3) is 12.2. The number of unbranched alkanes of at least 4 members (excludes halogenated alkanes) is 1. The van der Waals surface area contributed by atoms with Gasteiger partial charge in [0.1, 0.15) is 0 Å². The lowest BCUT2D eigenvalue weighted by molar-refractivity contribution is -0.0500. The van der Waals surface area contributed by atoms with Gasteiger partial charge in [0.15, 0.2) is 0 Å². The number of halogens is 1. The molecule has 6 nitrogen and oxygen atoms in total. The predicted octanol–water partition coefficient (Wildman–Crippen LogP) is 9.57. The minimum Gasteiger partial charge on any atom is -0.465 e. The monoisotopic (exact) mass is 681 g/mol. The smallest absolute Gasteiger partial charge is 0.404 e. The van der Waals surface area contributed by atoms with E-state index in [-0.39, 0.29) is 18.4 Å². The number of fused-ring (bicyclic) bond motifs is 5. The predicted molar refractivity (Wildman–Crippen MR) is 203 cm³/mol. The Morgan fingerprint density at radius 1 is 0.915 bits per heavy atom. The Labute approximate surface area is 296 Å². The van der Waals surface area contributed by atoms with Gasteiger partial charge in [0.2, 0.25) is 0 Å². The van der Waals surface area contributed by atoms with Crippen LogP contribution in [0.25, 0.3) is 0 Å². The van der Waals surface area contributed by atoms with Crippen molar-refractivity contribution in [2.45, 2.75) is 157 Å². The molecule has 0 saturated heterocycles. The molecule has 47 heavy (non-hydrogen) atoms. The van der Waals surface area contributed by atoms with Crippen molar-refractivity contribution in [3.8, 4) is 0 Å². The first-order chi connectivity index (χ1) is 22.1. The maximum absolute atomic E-state index is 10.5. The Morgan fingerprint density at radius 3 is 2.32 bits per heavy atom. The summed E-state index contributed by atoms with van der Waals surface area (Å²) in [5, 5.41) is 17.8. The standard InChI is InChI=1S/C27H46.C13H30N4O2.ClH/c1-19(2)9-8-10-20(3)23-14-15-24-22-13-12-21-11-6-7-17-26(21,4)25(22)16-18-27(23,24)5;1-2-12(17-13(18)19)6-11-16-10-5-9-15-8-4-3-7-14;/h12,19-20,22-25H,6-11,13-18H2,1-5H3;12,15-17H,2-11,14H2,1H3,(H,18,19);1H/t20-,22+,23-,24+,25+,26+,27-;12-;/m10./s1. The minimum absolute atomic E-state index is 0. The van der Waals surface area contributed by atoms with E-state index in [4.69, 9.17) is 10.8 Å². The molecule has 8 atom stereocenters. The summed E-state index contributed by atoms with van der Waals surface area (Å²) in [4.78, 5) is 10.5. The average molecular weight is 682 g/mol. The number of rotatable bonds is 18. The zero-order chi connectivity index (χ0) is 33.6. The number of amides is 1. The molecule has 276 valence electrons. The second kappa shape index (κ2) is 21.4. The fourth-order valence-electron chi connectivity index (χ4n) is 10.5. The highest BCUT2D eigenvalue weighted by Gasteiger charge is 2.58. The molecule has 4 rings (SSSR count). The normalized spacial score (nSPS) is 30.9. The highest BCUT2D eigenvalue weighted by atomic mass is 35.5. The number of nitrogens with one attached hydrogen (secondary N) is 3. The van der Waals surface area contributed by atoms with Gasteiger partial charge in [-0.2, -0.15) is 0 Å². The van der Waals surface area contributed by atoms with E-state index in [1.54, 1.807) is 0 Å². The molecule has 0 aromatic rings. The summed E-state index contributed by atoms with van der Waals surface area (Å²) in [5.74, 6) is 5.84. The van der Waals surface area contributed by atoms with E-state index in [1.807, 2.05) is 12.5 Å². The number of allylic oxidation sites excluding steroid dienone is 2. The van der Waals surface area contributed by atoms with Crippen molar-refractivity contribution in [3.05, 3.63) is 11.6 Å². The lowest BCUT2D eigenvalue weighted by Gasteiger charge is -2.58. The maximum Gasteiger partial charge on any atom is 0.404 e. The molecule has 3 fully saturated rings. The Kier molecular flexibility index (Phi) is 19.3. The molecule has 0 spiro atoms. The quantitative estimate of drug-likeness (QED) is 0.0733. The van der Waals surface area contributed by atoms with E-state index in [2.05, 4.69) is 56.6 Å². The van der Waals surface area contributed by atoms with Gasteiger partial charge in [-0.1, -0.05) is 78.9 Å². The van der Waals surface area contributed by atoms with Crippen molar-refractivity contribution < 1.29 is 9.90 Å². The molecule has 3 saturated carbocycles. The number of nitrogens with two attached hydrogens (primary N) is 1. The van der Waals surface area contributed by atoms with Crippen LogP contribution in [0.4, 0.5) is 4.79 Å². The zero-order valence-corrected chi connectivity index (χ0v) is 32.3. The third-order valence-corrected chi connectivity index (χ3v) is 13.2. The van der Waals surface area contributed by atoms with E-state index in [1.165, 1.54) is 77.0 Å². The Morgan fingerprint density at radius 2 is 1.64 bits per heavy atom. The molecule has 1 amide bonds. The SMILES string of the molecule is CC(C)CCC[C@@H](C)[C@H]1CC[C@H]2[C@@H]3CC=C4CCCC[C@]4(C)[C@H]3CC[C@]12C.CC[C@@H](CCNCCCNCCCCN)NC(=O)O.Cl. The summed E-state index contributed by atoms with van der Waals surface area (Å²) < 4.78 is 0. The molecular formula is C40H77ClN4O2. The fourth-order valence-corrected chi connectivity index (χ4v) is 10.5. The third-order valence-electron chi connectivity index (χ3n) is 13.2. The highest BCUT2D eigenvalue weighted by Crippen LogP contribution is 2.67. The van der Waals surface area contributed by atoms with Crippen LogP contribution in [0.3, 0.4) is 0 Å². The summed E-state index contributed by atoms with van der Waals surface area (Å²) >= 11 is 0. The zero-order valence-electron chi connectivity index (χ0n) is 31.5. The Hall–Kier alpha value is -0.820. The highest BCUT2D eigenvalue weighted by molar-refractivity contribution is 5.85. The van der Waals surface area contributed by atoms with Gasteiger partial charge in [-0.15, -0.1) is 12.4 Å². The first-order valence-corrected chi connectivity index (χ1v) is 19.9. The molecule has 0 heterocycles. The summed E-state index contributed by atoms with van der Waals surface area (Å²) in [6.07, 6.45) is 24.5. The summed E-state index contributed by atoms with van der Waals surface area (Å²) in [5.41, 5.74) is 8.50. The van der Waals surface area contributed by atoms with Gasteiger partial charge in [0, 0.05) is 6.04 Å². The maximum atomic E-state index is 10.5. The second-order valence-electron chi connectivity index (χ2n) is 16.7. The topological polar surface area (TPSA) is 99.4 Å². The van der Waals surface area contributed by atoms with Gasteiger partial charge in [0.25, 0.3) is 0 Å². The molecule has 6 N–H and O–H groups in total. The van der Waals surface area contributed by atoms with Crippen LogP contribution in [-0.2, 0) is 0 Å². The van der Waals surface area contributed by atoms with Crippen molar-refractivity contribution >= 4 is 18.5 Å². The van der Waals surface area contributed by atoms with Crippen LogP contribution >= 0.6 is 12.4 Å². The Bertz CT molecular complexity index is 915. The van der Waals surface area contributed by atoms with Crippen LogP contribution in [-0.4, -0.2) is 50.0 Å². The van der Waals surface area contributed by atoms with Crippen molar-refractivity contribution in [3.63, 3.8) is 0 Å². The summed E-state index contributed by atoms with van der Waals surface area (Å²) in [6.45, 7) is 19.4. The van der Waals surface area contributed by atoms with Crippen LogP contribution in [0, 0.1) is 46.3 Å². The molecule has 4 aliphatic carbocycles. The first-order valence-electron chi connectivity index (χ1n) is 19.9. The van der Waals surface area contributed by atoms with Crippen LogP contribution in [0.15, 0.2) is 11.6 Å². The lowest BCUT2D eigenvalue weighted by Crippen LogP contribution is -2.50. The van der Waals surface area contributed by atoms with Gasteiger partial charge in [-0.25, -0.2) is 4.79 Å². The minimum atomic E-state index is -0.937. The van der Waals surface area contributed by atoms with Crippen molar-refractivity contribution in [2.75, 3.05) is 32.7 Å². The van der Waals surface area contributed by atoms with Crippen LogP contribution in [0.2, 0.25) is 0 Å². The van der Waals surface area contributed by atoms with Crippen LogP contribution in [0.1, 0.15) is 151 Å². The van der Waals surface area contributed by atoms with E-state index < -0.39 is 6.09 Å². The molecule has 0 bridgehead atoms. The van der Waals surface area contributed by atoms with Crippen molar-refractivity contribution in [1.29, 1.82) is 0 Å². The van der Waals surface area contributed by atoms with E-state index in [0.717, 1.165) is 100 Å². The summed E-state index contributed by atoms with van der Waals surface area (Å²) in [7, 11) is 0. The lowest BCUT2D eigenvalue weighted by atomic mass is 9.47. The Balaban J connectivity index is 0.000000343. The van der Waals surface area contributed by atoms with E-state index in [9.17, 15) is 4.79 Å². The molecule has 0 aromatic heterocycles. The van der Waals surface area contributed by atoms with E-state index in [0.29, 0.717) is 10.8 Å². The van der Waals surface area contributed by atoms with Gasteiger partial charge in [-0.3, -0.25) is 0 Å². The van der Waals surface area contributed by atoms with Gasteiger partial charge >= 0.3 is 6.09 Å². The molecule has 0 aromatic carbocycles. The molecule has 4 aliphatic rings. The van der Waals surface area contributed by atoms with Crippen molar-refractivity contribution in [1.82, 2.24) is 16.0 Å². The average Bonchev–Trinajstić information content (AvgIpc) is 3.38. The molecule has 0 radical (unpaired) electrons. The number of hydrogen-bond acceptors (Lipinski definition) is 4. The molecule has 0 unspecified atom stereocenters. The van der Waals surface area contributed by atoms with Crippen molar-refractivity contribution in [2.24, 2.45) is 52.1 Å². The van der Waals surface area contributed by atoms with E-state index >= 15 is 0 Å². The van der Waals surface area contributed by atoms with Gasteiger partial charge < -0.3 is 26.8 Å². The number of hydrogen-bond donors (Lipinski definition) is 5. The largest absolute Gasteiger partial charge is 0.465 e. The van der Waals surface area contributed by atoms with Gasteiger partial charge in [-0.05, 0) is 163 Å². The second-order valence-corrected chi connectivity index (χ2v) is 16.7. The first kappa shape index (κ1) is 42.3. The number of carbonyl (C=O) groups is 1.